The van der Waals surface area contributed by atoms with Gasteiger partial charge >= 0.3 is 0 Å². The fraction of sp³-hybridized carbons (Fsp3) is 0.400. The Balaban J connectivity index is 2.43. The monoisotopic (exact) mass is 226 g/mol. The van der Waals surface area contributed by atoms with Crippen LogP contribution in [0.4, 0.5) is 0 Å². The van der Waals surface area contributed by atoms with Crippen LogP contribution >= 0.6 is 0 Å². The smallest absolute Gasteiger partial charge is 0.0998 e. The predicted molar refractivity (Wildman–Crippen MR) is 70.9 cm³/mol. The second-order valence-corrected chi connectivity index (χ2v) is 4.53. The molecular formula is C15H18N2. The highest BCUT2D eigenvalue weighted by Gasteiger charge is 2.08. The van der Waals surface area contributed by atoms with E-state index < -0.39 is 0 Å². The van der Waals surface area contributed by atoms with Crippen molar-refractivity contribution in [3.05, 3.63) is 35.5 Å². The summed E-state index contributed by atoms with van der Waals surface area (Å²) in [5, 5.41) is 10.2. The van der Waals surface area contributed by atoms with E-state index in [1.807, 2.05) is 25.4 Å². The van der Waals surface area contributed by atoms with Crippen molar-refractivity contribution in [2.75, 3.05) is 0 Å². The molecule has 0 saturated carbocycles. The van der Waals surface area contributed by atoms with Gasteiger partial charge in [0.15, 0.2) is 0 Å². The Labute approximate surface area is 102 Å². The summed E-state index contributed by atoms with van der Waals surface area (Å²) in [6.07, 6.45) is 6.88. The highest BCUT2D eigenvalue weighted by Crippen LogP contribution is 2.24. The molecule has 0 aliphatic carbocycles. The topological polar surface area (TPSA) is 28.7 Å². The van der Waals surface area contributed by atoms with Crippen LogP contribution in [0.2, 0.25) is 0 Å². The molecule has 0 aliphatic heterocycles. The second kappa shape index (κ2) is 5.05. The molecule has 0 amide bonds. The molecule has 1 aromatic heterocycles. The van der Waals surface area contributed by atoms with E-state index in [4.69, 9.17) is 5.26 Å². The number of fused-ring (bicyclic) bond motifs is 1. The zero-order chi connectivity index (χ0) is 12.3. The highest BCUT2D eigenvalue weighted by atomic mass is 14.9. The minimum absolute atomic E-state index is 0.778. The van der Waals surface area contributed by atoms with Crippen molar-refractivity contribution in [1.29, 1.82) is 5.26 Å². The molecule has 88 valence electrons. The molecule has 0 bridgehead atoms. The van der Waals surface area contributed by atoms with Crippen LogP contribution in [0.1, 0.15) is 37.3 Å². The third kappa shape index (κ3) is 2.19. The molecule has 0 N–H and O–H groups in total. The third-order valence-electron chi connectivity index (χ3n) is 3.29. The summed E-state index contributed by atoms with van der Waals surface area (Å²) >= 11 is 0. The molecule has 1 heterocycles. The van der Waals surface area contributed by atoms with Crippen molar-refractivity contribution in [1.82, 2.24) is 4.57 Å². The number of unbranched alkanes of at least 4 members (excludes halogenated alkanes) is 2. The zero-order valence-electron chi connectivity index (χ0n) is 10.5. The Morgan fingerprint density at radius 3 is 2.76 bits per heavy atom. The number of nitriles is 1. The maximum absolute atomic E-state index is 9.09. The van der Waals surface area contributed by atoms with Crippen molar-refractivity contribution in [3.8, 4) is 6.07 Å². The van der Waals surface area contributed by atoms with Crippen LogP contribution < -0.4 is 0 Å². The molecule has 2 heteroatoms. The number of rotatable bonds is 4. The van der Waals surface area contributed by atoms with Crippen molar-refractivity contribution >= 4 is 10.9 Å². The van der Waals surface area contributed by atoms with Crippen LogP contribution in [0, 0.1) is 11.3 Å². The molecule has 2 nitrogen and oxygen atoms in total. The van der Waals surface area contributed by atoms with E-state index >= 15 is 0 Å². The van der Waals surface area contributed by atoms with Gasteiger partial charge in [0, 0.05) is 18.6 Å². The van der Waals surface area contributed by atoms with Gasteiger partial charge in [0.1, 0.15) is 0 Å². The number of aromatic nitrogens is 1. The van der Waals surface area contributed by atoms with Gasteiger partial charge in [-0.05, 0) is 30.5 Å². The van der Waals surface area contributed by atoms with Crippen molar-refractivity contribution < 1.29 is 0 Å². The van der Waals surface area contributed by atoms with Crippen LogP contribution in [-0.2, 0) is 13.5 Å². The van der Waals surface area contributed by atoms with E-state index in [1.54, 1.807) is 0 Å². The van der Waals surface area contributed by atoms with E-state index in [9.17, 15) is 0 Å². The first-order chi connectivity index (χ1) is 8.27. The number of benzene rings is 1. The summed E-state index contributed by atoms with van der Waals surface area (Å²) in [5.74, 6) is 0. The summed E-state index contributed by atoms with van der Waals surface area (Å²) in [4.78, 5) is 0. The molecule has 0 fully saturated rings. The van der Waals surface area contributed by atoms with Crippen LogP contribution in [-0.4, -0.2) is 4.57 Å². The quantitative estimate of drug-likeness (QED) is 0.729. The summed E-state index contributed by atoms with van der Waals surface area (Å²) in [6.45, 7) is 2.22. The van der Waals surface area contributed by atoms with Gasteiger partial charge in [0.2, 0.25) is 0 Å². The number of aryl methyl sites for hydroxylation is 2. The fourth-order valence-electron chi connectivity index (χ4n) is 2.36. The van der Waals surface area contributed by atoms with E-state index in [0.29, 0.717) is 0 Å². The third-order valence-corrected chi connectivity index (χ3v) is 3.29. The lowest BCUT2D eigenvalue weighted by molar-refractivity contribution is 0.717. The molecule has 0 saturated heterocycles. The normalized spacial score (nSPS) is 10.6. The summed E-state index contributed by atoms with van der Waals surface area (Å²) in [7, 11) is 2.05. The van der Waals surface area contributed by atoms with E-state index in [1.165, 1.54) is 30.3 Å². The number of nitrogens with zero attached hydrogens (tertiary/aromatic N) is 2. The first kappa shape index (κ1) is 11.7. The number of hydrogen-bond acceptors (Lipinski definition) is 1. The van der Waals surface area contributed by atoms with Crippen molar-refractivity contribution in [3.63, 3.8) is 0 Å². The molecule has 0 atom stereocenters. The average Bonchev–Trinajstić information content (AvgIpc) is 2.73. The van der Waals surface area contributed by atoms with Crippen molar-refractivity contribution in [2.45, 2.75) is 32.6 Å². The molecule has 0 aliphatic rings. The standard InChI is InChI=1S/C15H18N2/c1-3-4-5-6-12-7-8-13(11-16)14-9-10-17(2)15(12)14/h7-10H,3-6H2,1-2H3. The van der Waals surface area contributed by atoms with Gasteiger partial charge < -0.3 is 4.57 Å². The number of hydrogen-bond donors (Lipinski definition) is 0. The van der Waals surface area contributed by atoms with Crippen LogP contribution in [0.15, 0.2) is 24.4 Å². The Morgan fingerprint density at radius 1 is 1.24 bits per heavy atom. The van der Waals surface area contributed by atoms with Gasteiger partial charge in [-0.15, -0.1) is 0 Å². The summed E-state index contributed by atoms with van der Waals surface area (Å²) in [5.41, 5.74) is 3.36. The molecule has 17 heavy (non-hydrogen) atoms. The average molecular weight is 226 g/mol. The lowest BCUT2D eigenvalue weighted by Gasteiger charge is -2.07. The predicted octanol–water partition coefficient (Wildman–Crippen LogP) is 3.78. The van der Waals surface area contributed by atoms with E-state index in [-0.39, 0.29) is 0 Å². The molecule has 0 spiro atoms. The summed E-state index contributed by atoms with van der Waals surface area (Å²) < 4.78 is 2.12. The largest absolute Gasteiger partial charge is 0.350 e. The van der Waals surface area contributed by atoms with Crippen LogP contribution in [0.3, 0.4) is 0 Å². The molecule has 2 rings (SSSR count). The second-order valence-electron chi connectivity index (χ2n) is 4.53. The lowest BCUT2D eigenvalue weighted by atomic mass is 10.0. The van der Waals surface area contributed by atoms with E-state index in [2.05, 4.69) is 23.6 Å². The Hall–Kier alpha value is -1.75. The van der Waals surface area contributed by atoms with Gasteiger partial charge in [-0.2, -0.15) is 5.26 Å². The minimum Gasteiger partial charge on any atom is -0.350 e. The minimum atomic E-state index is 0.778. The van der Waals surface area contributed by atoms with Crippen LogP contribution in [0.5, 0.6) is 0 Å². The first-order valence-corrected chi connectivity index (χ1v) is 6.25. The summed E-state index contributed by atoms with van der Waals surface area (Å²) in [6, 6.07) is 8.36. The molecule has 0 unspecified atom stereocenters. The first-order valence-electron chi connectivity index (χ1n) is 6.25. The van der Waals surface area contributed by atoms with E-state index in [0.717, 1.165) is 17.4 Å². The maximum atomic E-state index is 9.09. The molecule has 0 radical (unpaired) electrons. The SMILES string of the molecule is CCCCCc1ccc(C#N)c2ccn(C)c12. The highest BCUT2D eigenvalue weighted by molar-refractivity contribution is 5.88. The van der Waals surface area contributed by atoms with Gasteiger partial charge in [-0.1, -0.05) is 25.8 Å². The maximum Gasteiger partial charge on any atom is 0.0998 e. The van der Waals surface area contributed by atoms with Gasteiger partial charge in [-0.25, -0.2) is 0 Å². The van der Waals surface area contributed by atoms with Gasteiger partial charge in [0.25, 0.3) is 0 Å². The van der Waals surface area contributed by atoms with Crippen LogP contribution in [0.25, 0.3) is 10.9 Å². The fourth-order valence-corrected chi connectivity index (χ4v) is 2.36. The zero-order valence-corrected chi connectivity index (χ0v) is 10.5. The van der Waals surface area contributed by atoms with Crippen molar-refractivity contribution in [2.24, 2.45) is 7.05 Å². The Kier molecular flexibility index (Phi) is 3.49. The lowest BCUT2D eigenvalue weighted by Crippen LogP contribution is -1.94. The van der Waals surface area contributed by atoms with Gasteiger partial charge in [-0.3, -0.25) is 0 Å². The Bertz CT molecular complexity index is 558. The molecule has 2 aromatic rings. The molecule has 1 aromatic carbocycles. The molecular weight excluding hydrogens is 208 g/mol. The Morgan fingerprint density at radius 2 is 2.06 bits per heavy atom. The van der Waals surface area contributed by atoms with Gasteiger partial charge in [0.05, 0.1) is 17.1 Å².